The predicted octanol–water partition coefficient (Wildman–Crippen LogP) is 7.38. The van der Waals surface area contributed by atoms with Crippen molar-refractivity contribution < 1.29 is 18.3 Å². The molecule has 3 atom stereocenters. The number of allylic oxidation sites excluding steroid dienone is 7. The number of aliphatic hydroxyl groups is 1. The lowest BCUT2D eigenvalue weighted by Gasteiger charge is -2.20. The Morgan fingerprint density at radius 3 is 2.27 bits per heavy atom. The van der Waals surface area contributed by atoms with Gasteiger partial charge in [0, 0.05) is 5.56 Å². The lowest BCUT2D eigenvalue weighted by Crippen LogP contribution is -2.23. The van der Waals surface area contributed by atoms with Gasteiger partial charge in [-0.2, -0.15) is 0 Å². The second-order valence-corrected chi connectivity index (χ2v) is 7.79. The number of alkyl halides is 2. The fraction of sp³-hybridized carbons (Fsp3) is 0.231. The number of benzene rings is 2. The first-order chi connectivity index (χ1) is 14.5. The molecule has 2 aromatic carbocycles. The fourth-order valence-corrected chi connectivity index (χ4v) is 4.05. The van der Waals surface area contributed by atoms with E-state index in [9.17, 15) is 18.3 Å². The van der Waals surface area contributed by atoms with Gasteiger partial charge in [-0.15, -0.1) is 6.58 Å². The summed E-state index contributed by atoms with van der Waals surface area (Å²) in [6, 6.07) is 12.1. The predicted molar refractivity (Wildman–Crippen MR) is 116 cm³/mol. The van der Waals surface area contributed by atoms with E-state index in [0.29, 0.717) is 17.0 Å². The number of hydrogen-bond acceptors (Lipinski definition) is 1. The lowest BCUT2D eigenvalue weighted by molar-refractivity contribution is 0.181. The highest BCUT2D eigenvalue weighted by Crippen LogP contribution is 2.35. The molecule has 0 spiro atoms. The molecule has 3 unspecified atom stereocenters. The van der Waals surface area contributed by atoms with E-state index < -0.39 is 18.1 Å². The number of aliphatic hydroxyl groups excluding tert-OH is 1. The fourth-order valence-electron chi connectivity index (χ4n) is 4.05. The molecule has 2 aromatic rings. The van der Waals surface area contributed by atoms with Crippen LogP contribution in [0.3, 0.4) is 0 Å². The van der Waals surface area contributed by atoms with Gasteiger partial charge < -0.3 is 5.11 Å². The van der Waals surface area contributed by atoms with Gasteiger partial charge in [-0.3, -0.25) is 0 Å². The highest BCUT2D eigenvalue weighted by molar-refractivity contribution is 5.76. The van der Waals surface area contributed by atoms with E-state index in [1.165, 1.54) is 18.2 Å². The van der Waals surface area contributed by atoms with Gasteiger partial charge in [-0.05, 0) is 65.2 Å². The van der Waals surface area contributed by atoms with Gasteiger partial charge >= 0.3 is 0 Å². The first-order valence-electron chi connectivity index (χ1n) is 10.1. The van der Waals surface area contributed by atoms with Crippen LogP contribution in [0.1, 0.15) is 30.4 Å². The summed E-state index contributed by atoms with van der Waals surface area (Å²) in [5.41, 5.74) is 3.87. The van der Waals surface area contributed by atoms with Crippen molar-refractivity contribution in [2.45, 2.75) is 31.6 Å². The molecule has 4 heteroatoms. The maximum atomic E-state index is 14.8. The molecule has 30 heavy (non-hydrogen) atoms. The van der Waals surface area contributed by atoms with E-state index in [-0.39, 0.29) is 11.4 Å². The van der Waals surface area contributed by atoms with Crippen molar-refractivity contribution in [1.82, 2.24) is 0 Å². The van der Waals surface area contributed by atoms with E-state index in [4.69, 9.17) is 0 Å². The number of rotatable bonds is 4. The number of halogens is 3. The molecule has 154 valence electrons. The third-order valence-corrected chi connectivity index (χ3v) is 5.92. The monoisotopic (exact) mass is 408 g/mol. The molecule has 2 aliphatic rings. The van der Waals surface area contributed by atoms with Gasteiger partial charge in [0.1, 0.15) is 11.6 Å². The van der Waals surface area contributed by atoms with Gasteiger partial charge in [0.2, 0.25) is 0 Å². The summed E-state index contributed by atoms with van der Waals surface area (Å²) in [4.78, 5) is 0. The second kappa shape index (κ2) is 8.39. The maximum absolute atomic E-state index is 14.8. The minimum Gasteiger partial charge on any atom is -0.509 e. The summed E-state index contributed by atoms with van der Waals surface area (Å²) < 4.78 is 42.8. The molecule has 1 nitrogen and oxygen atoms in total. The number of hydrogen-bond donors (Lipinski definition) is 1. The van der Waals surface area contributed by atoms with Crippen LogP contribution in [0, 0.1) is 11.7 Å². The summed E-state index contributed by atoms with van der Waals surface area (Å²) >= 11 is 0. The van der Waals surface area contributed by atoms with E-state index in [1.807, 2.05) is 12.1 Å². The Balaban J connectivity index is 1.56. The van der Waals surface area contributed by atoms with Crippen molar-refractivity contribution in [1.29, 1.82) is 0 Å². The average molecular weight is 408 g/mol. The van der Waals surface area contributed by atoms with Crippen LogP contribution in [0.25, 0.3) is 22.3 Å². The highest BCUT2D eigenvalue weighted by Gasteiger charge is 2.31. The minimum atomic E-state index is -2.05. The largest absolute Gasteiger partial charge is 0.509 e. The van der Waals surface area contributed by atoms with Crippen molar-refractivity contribution in [3.05, 3.63) is 96.1 Å². The maximum Gasteiger partial charge on any atom is 0.192 e. The molecule has 0 aromatic heterocycles. The van der Waals surface area contributed by atoms with Crippen molar-refractivity contribution in [2.75, 3.05) is 0 Å². The van der Waals surface area contributed by atoms with Crippen molar-refractivity contribution in [3.8, 4) is 11.1 Å². The summed E-state index contributed by atoms with van der Waals surface area (Å²) in [5, 5.41) is 9.33. The van der Waals surface area contributed by atoms with Crippen LogP contribution < -0.4 is 0 Å². The van der Waals surface area contributed by atoms with Crippen LogP contribution in [-0.4, -0.2) is 17.4 Å². The first-order valence-corrected chi connectivity index (χ1v) is 10.1. The minimum absolute atomic E-state index is 0.176. The van der Waals surface area contributed by atoms with Gasteiger partial charge in [-0.1, -0.05) is 54.6 Å². The normalized spacial score (nSPS) is 24.0. The van der Waals surface area contributed by atoms with Crippen LogP contribution in [0.15, 0.2) is 79.1 Å². The Morgan fingerprint density at radius 2 is 1.63 bits per heavy atom. The quantitative estimate of drug-likeness (QED) is 0.523. The third-order valence-electron chi connectivity index (χ3n) is 5.92. The zero-order valence-electron chi connectivity index (χ0n) is 16.5. The standard InChI is InChI=1S/C26H23F3O/c1-2-16-3-5-18(6-4-16)21-12-11-20(15-23(21)27)17-7-9-19(10-8-17)22-13-14-24(30)26(29)25(22)28/h2,5,7-16,25-26,30H,1,3-4,6H2. The highest BCUT2D eigenvalue weighted by atomic mass is 19.2. The molecule has 0 heterocycles. The molecule has 0 aliphatic heterocycles. The third kappa shape index (κ3) is 3.87. The Hall–Kier alpha value is -3.01. The molecular weight excluding hydrogens is 385 g/mol. The van der Waals surface area contributed by atoms with Crippen LogP contribution in [0.4, 0.5) is 13.2 Å². The van der Waals surface area contributed by atoms with Crippen molar-refractivity contribution in [3.63, 3.8) is 0 Å². The van der Waals surface area contributed by atoms with E-state index in [2.05, 4.69) is 12.7 Å². The zero-order valence-corrected chi connectivity index (χ0v) is 16.5. The summed E-state index contributed by atoms with van der Waals surface area (Å²) in [6.07, 6.45) is 5.35. The molecule has 2 aliphatic carbocycles. The topological polar surface area (TPSA) is 20.2 Å². The van der Waals surface area contributed by atoms with Gasteiger partial charge in [0.25, 0.3) is 0 Å². The van der Waals surface area contributed by atoms with Crippen LogP contribution in [-0.2, 0) is 0 Å². The van der Waals surface area contributed by atoms with Gasteiger partial charge in [0.15, 0.2) is 12.3 Å². The molecule has 0 radical (unpaired) electrons. The second-order valence-electron chi connectivity index (χ2n) is 7.79. The summed E-state index contributed by atoms with van der Waals surface area (Å²) in [6.45, 7) is 3.83. The molecule has 0 saturated heterocycles. The van der Waals surface area contributed by atoms with Crippen molar-refractivity contribution in [2.24, 2.45) is 5.92 Å². The Morgan fingerprint density at radius 1 is 0.933 bits per heavy atom. The Bertz CT molecular complexity index is 1050. The molecule has 1 N–H and O–H groups in total. The average Bonchev–Trinajstić information content (AvgIpc) is 2.78. The molecule has 0 saturated carbocycles. The summed E-state index contributed by atoms with van der Waals surface area (Å²) in [5.74, 6) is -0.406. The Labute approximate surface area is 174 Å². The first kappa shape index (κ1) is 20.3. The van der Waals surface area contributed by atoms with E-state index in [1.54, 1.807) is 30.3 Å². The zero-order chi connectivity index (χ0) is 21.3. The lowest BCUT2D eigenvalue weighted by atomic mass is 9.86. The molecule has 4 rings (SSSR count). The summed E-state index contributed by atoms with van der Waals surface area (Å²) in [7, 11) is 0. The molecule has 0 amide bonds. The van der Waals surface area contributed by atoms with E-state index >= 15 is 0 Å². The molecule has 0 bridgehead atoms. The van der Waals surface area contributed by atoms with E-state index in [0.717, 1.165) is 36.0 Å². The Kier molecular flexibility index (Phi) is 5.67. The van der Waals surface area contributed by atoms with Crippen LogP contribution in [0.5, 0.6) is 0 Å². The SMILES string of the molecule is C=CC1CC=C(c2ccc(-c3ccc(C4=CC=C(O)C(F)C4F)cc3)cc2F)CC1. The van der Waals surface area contributed by atoms with Gasteiger partial charge in [0.05, 0.1) is 0 Å². The van der Waals surface area contributed by atoms with Crippen LogP contribution >= 0.6 is 0 Å². The molecule has 0 fully saturated rings. The smallest absolute Gasteiger partial charge is 0.192 e. The molecular formula is C26H23F3O. The van der Waals surface area contributed by atoms with Gasteiger partial charge in [-0.25, -0.2) is 13.2 Å². The van der Waals surface area contributed by atoms with Crippen LogP contribution in [0.2, 0.25) is 0 Å². The van der Waals surface area contributed by atoms with Crippen molar-refractivity contribution >= 4 is 11.1 Å².